The zero-order valence-corrected chi connectivity index (χ0v) is 11.9. The zero-order chi connectivity index (χ0) is 14.5. The summed E-state index contributed by atoms with van der Waals surface area (Å²) in [6.07, 6.45) is 2.11. The van der Waals surface area contributed by atoms with E-state index in [-0.39, 0.29) is 18.6 Å². The topological polar surface area (TPSA) is 78.9 Å². The van der Waals surface area contributed by atoms with Gasteiger partial charge in [-0.2, -0.15) is 0 Å². The lowest BCUT2D eigenvalue weighted by molar-refractivity contribution is -0.150. The predicted molar refractivity (Wildman–Crippen MR) is 70.9 cm³/mol. The molecule has 0 aromatic rings. The van der Waals surface area contributed by atoms with E-state index in [1.165, 1.54) is 0 Å². The Bertz CT molecular complexity index is 325. The molecule has 1 amide bonds. The highest BCUT2D eigenvalue weighted by Crippen LogP contribution is 2.14. The number of likely N-dealkylation sites (N-methyl/N-ethyl adjacent to an activating group) is 1. The third-order valence-corrected chi connectivity index (χ3v) is 3.58. The number of nitrogens with one attached hydrogen (secondary N) is 1. The third kappa shape index (κ3) is 4.47. The predicted octanol–water partition coefficient (Wildman–Crippen LogP) is 0.467. The number of carboxylic acids is 1. The Hall–Kier alpha value is -1.14. The maximum atomic E-state index is 11.8. The normalized spacial score (nSPS) is 19.7. The van der Waals surface area contributed by atoms with Gasteiger partial charge in [0.1, 0.15) is 5.54 Å². The Morgan fingerprint density at radius 2 is 2.16 bits per heavy atom. The lowest BCUT2D eigenvalue weighted by atomic mass is 10.0. The second-order valence-electron chi connectivity index (χ2n) is 5.32. The lowest BCUT2D eigenvalue weighted by Gasteiger charge is -2.33. The van der Waals surface area contributed by atoms with Crippen LogP contribution >= 0.6 is 0 Å². The van der Waals surface area contributed by atoms with Crippen LogP contribution in [0.4, 0.5) is 0 Å². The molecule has 1 aliphatic heterocycles. The van der Waals surface area contributed by atoms with E-state index in [2.05, 4.69) is 5.32 Å². The first kappa shape index (κ1) is 15.9. The second-order valence-corrected chi connectivity index (χ2v) is 5.32. The lowest BCUT2D eigenvalue weighted by Crippen LogP contribution is -2.53. The number of ether oxygens (including phenoxy) is 1. The van der Waals surface area contributed by atoms with Crippen molar-refractivity contribution >= 4 is 11.9 Å². The van der Waals surface area contributed by atoms with Crippen molar-refractivity contribution in [2.75, 3.05) is 26.2 Å². The largest absolute Gasteiger partial charge is 0.480 e. The first-order valence-electron chi connectivity index (χ1n) is 6.74. The number of amides is 1. The van der Waals surface area contributed by atoms with Crippen LogP contribution in [0.1, 0.15) is 33.6 Å². The van der Waals surface area contributed by atoms with Crippen LogP contribution in [-0.2, 0) is 14.3 Å². The summed E-state index contributed by atoms with van der Waals surface area (Å²) in [5.41, 5.74) is -1.05. The van der Waals surface area contributed by atoms with E-state index < -0.39 is 11.5 Å². The van der Waals surface area contributed by atoms with Crippen molar-refractivity contribution in [3.05, 3.63) is 0 Å². The van der Waals surface area contributed by atoms with E-state index >= 15 is 0 Å². The number of aliphatic carboxylic acids is 1. The molecular weight excluding hydrogens is 248 g/mol. The van der Waals surface area contributed by atoms with Gasteiger partial charge in [0.2, 0.25) is 5.91 Å². The number of carboxylic acid groups (broad SMARTS) is 1. The standard InChI is InChI=1S/C13H24N2O4/c1-4-15(13(2,3)12(17)18)9-11(16)14-8-10-6-5-7-19-10/h10H,4-9H2,1-3H3,(H,14,16)(H,17,18). The fraction of sp³-hybridized carbons (Fsp3) is 0.846. The van der Waals surface area contributed by atoms with Crippen molar-refractivity contribution in [3.8, 4) is 0 Å². The highest BCUT2D eigenvalue weighted by molar-refractivity contribution is 5.81. The molecule has 110 valence electrons. The van der Waals surface area contributed by atoms with Gasteiger partial charge in [0.25, 0.3) is 0 Å². The first-order chi connectivity index (χ1) is 8.87. The van der Waals surface area contributed by atoms with Crippen LogP contribution in [-0.4, -0.2) is 59.8 Å². The first-order valence-corrected chi connectivity index (χ1v) is 6.74. The van der Waals surface area contributed by atoms with Crippen molar-refractivity contribution in [1.29, 1.82) is 0 Å². The van der Waals surface area contributed by atoms with Gasteiger partial charge in [-0.3, -0.25) is 14.5 Å². The Balaban J connectivity index is 2.42. The van der Waals surface area contributed by atoms with Crippen molar-refractivity contribution in [1.82, 2.24) is 10.2 Å². The van der Waals surface area contributed by atoms with Crippen molar-refractivity contribution in [2.24, 2.45) is 0 Å². The summed E-state index contributed by atoms with van der Waals surface area (Å²) < 4.78 is 5.42. The fourth-order valence-electron chi connectivity index (χ4n) is 2.10. The summed E-state index contributed by atoms with van der Waals surface area (Å²) in [4.78, 5) is 24.7. The molecule has 6 heteroatoms. The van der Waals surface area contributed by atoms with Crippen LogP contribution in [0.5, 0.6) is 0 Å². The van der Waals surface area contributed by atoms with Crippen LogP contribution in [0, 0.1) is 0 Å². The maximum Gasteiger partial charge on any atom is 0.323 e. The van der Waals surface area contributed by atoms with Crippen LogP contribution < -0.4 is 5.32 Å². The molecule has 19 heavy (non-hydrogen) atoms. The number of hydrogen-bond donors (Lipinski definition) is 2. The summed E-state index contributed by atoms with van der Waals surface area (Å²) in [5.74, 6) is -1.09. The summed E-state index contributed by atoms with van der Waals surface area (Å²) >= 11 is 0. The number of rotatable bonds is 7. The smallest absolute Gasteiger partial charge is 0.323 e. The Morgan fingerprint density at radius 1 is 1.47 bits per heavy atom. The van der Waals surface area contributed by atoms with Crippen LogP contribution in [0.2, 0.25) is 0 Å². The number of carbonyl (C=O) groups excluding carboxylic acids is 1. The third-order valence-electron chi connectivity index (χ3n) is 3.58. The maximum absolute atomic E-state index is 11.8. The van der Waals surface area contributed by atoms with Crippen LogP contribution in [0.15, 0.2) is 0 Å². The Labute approximate surface area is 114 Å². The SMILES string of the molecule is CCN(CC(=O)NCC1CCCO1)C(C)(C)C(=O)O. The van der Waals surface area contributed by atoms with Gasteiger partial charge in [-0.1, -0.05) is 6.92 Å². The monoisotopic (exact) mass is 272 g/mol. The highest BCUT2D eigenvalue weighted by Gasteiger charge is 2.34. The van der Waals surface area contributed by atoms with E-state index in [0.717, 1.165) is 19.4 Å². The number of hydrogen-bond acceptors (Lipinski definition) is 4. The van der Waals surface area contributed by atoms with Gasteiger partial charge in [-0.15, -0.1) is 0 Å². The molecule has 0 aliphatic carbocycles. The van der Waals surface area contributed by atoms with Gasteiger partial charge in [0, 0.05) is 13.2 Å². The van der Waals surface area contributed by atoms with Gasteiger partial charge in [-0.05, 0) is 33.2 Å². The van der Waals surface area contributed by atoms with Gasteiger partial charge < -0.3 is 15.2 Å². The molecule has 0 radical (unpaired) electrons. The molecule has 0 bridgehead atoms. The van der Waals surface area contributed by atoms with E-state index in [9.17, 15) is 9.59 Å². The van der Waals surface area contributed by atoms with Crippen molar-refractivity contribution in [3.63, 3.8) is 0 Å². The molecule has 2 N–H and O–H groups in total. The average molecular weight is 272 g/mol. The number of carbonyl (C=O) groups is 2. The summed E-state index contributed by atoms with van der Waals surface area (Å²) in [7, 11) is 0. The molecule has 1 rings (SSSR count). The zero-order valence-electron chi connectivity index (χ0n) is 11.9. The molecule has 1 atom stereocenters. The molecule has 0 spiro atoms. The number of nitrogens with zero attached hydrogens (tertiary/aromatic N) is 1. The van der Waals surface area contributed by atoms with Gasteiger partial charge in [0.15, 0.2) is 0 Å². The highest BCUT2D eigenvalue weighted by atomic mass is 16.5. The molecule has 1 aliphatic rings. The van der Waals surface area contributed by atoms with Crippen molar-refractivity contribution < 1.29 is 19.4 Å². The van der Waals surface area contributed by atoms with E-state index in [1.807, 2.05) is 6.92 Å². The summed E-state index contributed by atoms with van der Waals surface area (Å²) in [5, 5.41) is 12.0. The molecule has 1 saturated heterocycles. The summed E-state index contributed by atoms with van der Waals surface area (Å²) in [6.45, 7) is 6.91. The quantitative estimate of drug-likeness (QED) is 0.704. The second kappa shape index (κ2) is 6.86. The molecule has 0 saturated carbocycles. The molecule has 1 fully saturated rings. The van der Waals surface area contributed by atoms with Gasteiger partial charge in [0.05, 0.1) is 12.6 Å². The molecular formula is C13H24N2O4. The molecule has 6 nitrogen and oxygen atoms in total. The fourth-order valence-corrected chi connectivity index (χ4v) is 2.10. The van der Waals surface area contributed by atoms with Crippen LogP contribution in [0.3, 0.4) is 0 Å². The average Bonchev–Trinajstić information content (AvgIpc) is 2.86. The van der Waals surface area contributed by atoms with Crippen molar-refractivity contribution in [2.45, 2.75) is 45.3 Å². The van der Waals surface area contributed by atoms with E-state index in [4.69, 9.17) is 9.84 Å². The van der Waals surface area contributed by atoms with Crippen LogP contribution in [0.25, 0.3) is 0 Å². The van der Waals surface area contributed by atoms with Gasteiger partial charge in [-0.25, -0.2) is 0 Å². The minimum atomic E-state index is -1.05. The Morgan fingerprint density at radius 3 is 2.63 bits per heavy atom. The van der Waals surface area contributed by atoms with Gasteiger partial charge >= 0.3 is 5.97 Å². The summed E-state index contributed by atoms with van der Waals surface area (Å²) in [6, 6.07) is 0. The van der Waals surface area contributed by atoms with E-state index in [1.54, 1.807) is 18.7 Å². The molecule has 1 unspecified atom stereocenters. The minimum Gasteiger partial charge on any atom is -0.480 e. The minimum absolute atomic E-state index is 0.0858. The Kier molecular flexibility index (Phi) is 5.75. The molecule has 0 aromatic carbocycles. The van der Waals surface area contributed by atoms with E-state index in [0.29, 0.717) is 13.1 Å². The molecule has 0 aromatic heterocycles. The molecule has 1 heterocycles.